The van der Waals surface area contributed by atoms with Crippen molar-refractivity contribution in [2.24, 2.45) is 5.84 Å². The monoisotopic (exact) mass is 243 g/mol. The third-order valence-electron chi connectivity index (χ3n) is 2.81. The van der Waals surface area contributed by atoms with Crippen molar-refractivity contribution in [1.29, 1.82) is 0 Å². The van der Waals surface area contributed by atoms with E-state index < -0.39 is 0 Å². The second kappa shape index (κ2) is 6.09. The van der Waals surface area contributed by atoms with E-state index in [0.717, 1.165) is 24.1 Å². The molecule has 1 atom stereocenters. The van der Waals surface area contributed by atoms with Gasteiger partial charge in [-0.1, -0.05) is 12.1 Å². The molecule has 5 nitrogen and oxygen atoms in total. The molecule has 94 valence electrons. The van der Waals surface area contributed by atoms with Crippen LogP contribution in [0, 0.1) is 0 Å². The number of pyridine rings is 2. The van der Waals surface area contributed by atoms with E-state index in [4.69, 9.17) is 11.6 Å². The van der Waals surface area contributed by atoms with Crippen LogP contribution in [0.25, 0.3) is 0 Å². The van der Waals surface area contributed by atoms with E-state index in [2.05, 4.69) is 15.4 Å². The molecule has 0 aliphatic rings. The highest BCUT2D eigenvalue weighted by atomic mass is 15.2. The number of nitrogens with one attached hydrogen (secondary N) is 1. The zero-order chi connectivity index (χ0) is 12.8. The Morgan fingerprint density at radius 3 is 2.56 bits per heavy atom. The Balaban J connectivity index is 2.04. The van der Waals surface area contributed by atoms with Crippen LogP contribution in [-0.4, -0.2) is 16.0 Å². The quantitative estimate of drug-likeness (QED) is 0.530. The van der Waals surface area contributed by atoms with Crippen molar-refractivity contribution in [3.8, 4) is 0 Å². The van der Waals surface area contributed by atoms with Gasteiger partial charge in [-0.3, -0.25) is 16.3 Å². The van der Waals surface area contributed by atoms with E-state index in [0.29, 0.717) is 5.82 Å². The number of hydrazine groups is 1. The maximum atomic E-state index is 5.82. The Labute approximate surface area is 106 Å². The first kappa shape index (κ1) is 12.5. The minimum atomic E-state index is 0.0893. The summed E-state index contributed by atoms with van der Waals surface area (Å²) in [4.78, 5) is 8.36. The number of rotatable bonds is 5. The zero-order valence-corrected chi connectivity index (χ0v) is 10.1. The molecular formula is C13H17N5. The standard InChI is InChI=1S/C13H17N5/c14-13-10(4-3-7-17-13)8-12(18-15)9-11-5-1-2-6-16-11/h1-7,12,18H,8-9,15H2,(H2,14,17). The Hall–Kier alpha value is -1.98. The molecule has 2 heterocycles. The lowest BCUT2D eigenvalue weighted by atomic mass is 10.0. The molecule has 5 heteroatoms. The lowest BCUT2D eigenvalue weighted by Gasteiger charge is -2.16. The van der Waals surface area contributed by atoms with Crippen LogP contribution in [0.4, 0.5) is 5.82 Å². The van der Waals surface area contributed by atoms with Crippen molar-refractivity contribution in [3.05, 3.63) is 54.0 Å². The summed E-state index contributed by atoms with van der Waals surface area (Å²) in [5, 5.41) is 0. The molecule has 0 fully saturated rings. The number of nitrogen functional groups attached to an aromatic ring is 1. The van der Waals surface area contributed by atoms with Crippen molar-refractivity contribution >= 4 is 5.82 Å². The summed E-state index contributed by atoms with van der Waals surface area (Å²) in [5.74, 6) is 6.13. The van der Waals surface area contributed by atoms with Crippen molar-refractivity contribution in [2.45, 2.75) is 18.9 Å². The summed E-state index contributed by atoms with van der Waals surface area (Å²) in [5.41, 5.74) is 10.6. The molecule has 1 unspecified atom stereocenters. The molecule has 2 aromatic heterocycles. The first-order valence-electron chi connectivity index (χ1n) is 5.85. The fraction of sp³-hybridized carbons (Fsp3) is 0.231. The van der Waals surface area contributed by atoms with Crippen molar-refractivity contribution in [3.63, 3.8) is 0 Å². The third-order valence-corrected chi connectivity index (χ3v) is 2.81. The molecule has 5 N–H and O–H groups in total. The molecule has 0 saturated heterocycles. The Bertz CT molecular complexity index is 486. The van der Waals surface area contributed by atoms with Crippen LogP contribution < -0.4 is 17.0 Å². The topological polar surface area (TPSA) is 89.8 Å². The van der Waals surface area contributed by atoms with E-state index >= 15 is 0 Å². The van der Waals surface area contributed by atoms with Gasteiger partial charge < -0.3 is 5.73 Å². The molecule has 0 bridgehead atoms. The molecule has 0 aliphatic heterocycles. The Morgan fingerprint density at radius 2 is 1.89 bits per heavy atom. The fourth-order valence-electron chi connectivity index (χ4n) is 1.85. The molecule has 18 heavy (non-hydrogen) atoms. The number of nitrogens with zero attached hydrogens (tertiary/aromatic N) is 2. The molecule has 2 aromatic rings. The maximum Gasteiger partial charge on any atom is 0.126 e. The van der Waals surface area contributed by atoms with Gasteiger partial charge in [0.05, 0.1) is 0 Å². The minimum absolute atomic E-state index is 0.0893. The van der Waals surface area contributed by atoms with Gasteiger partial charge in [-0.15, -0.1) is 0 Å². The predicted molar refractivity (Wildman–Crippen MR) is 71.4 cm³/mol. The molecule has 0 radical (unpaired) electrons. The minimum Gasteiger partial charge on any atom is -0.383 e. The van der Waals surface area contributed by atoms with Crippen LogP contribution in [0.3, 0.4) is 0 Å². The molecule has 2 rings (SSSR count). The average molecular weight is 243 g/mol. The van der Waals surface area contributed by atoms with E-state index in [1.807, 2.05) is 30.3 Å². The molecular weight excluding hydrogens is 226 g/mol. The highest BCUT2D eigenvalue weighted by molar-refractivity contribution is 5.39. The van der Waals surface area contributed by atoms with E-state index in [1.54, 1.807) is 12.4 Å². The Kier molecular flexibility index (Phi) is 4.22. The number of nitrogens with two attached hydrogens (primary N) is 2. The number of anilines is 1. The highest BCUT2D eigenvalue weighted by Crippen LogP contribution is 2.11. The smallest absolute Gasteiger partial charge is 0.126 e. The molecule has 0 amide bonds. The Morgan fingerprint density at radius 1 is 1.06 bits per heavy atom. The van der Waals surface area contributed by atoms with Crippen molar-refractivity contribution < 1.29 is 0 Å². The molecule has 0 aromatic carbocycles. The van der Waals surface area contributed by atoms with Crippen LogP contribution in [0.1, 0.15) is 11.3 Å². The summed E-state index contributed by atoms with van der Waals surface area (Å²) < 4.78 is 0. The van der Waals surface area contributed by atoms with Crippen molar-refractivity contribution in [1.82, 2.24) is 15.4 Å². The normalized spacial score (nSPS) is 12.3. The lowest BCUT2D eigenvalue weighted by Crippen LogP contribution is -2.38. The molecule has 0 saturated carbocycles. The van der Waals surface area contributed by atoms with Crippen LogP contribution in [0.2, 0.25) is 0 Å². The zero-order valence-electron chi connectivity index (χ0n) is 10.1. The third kappa shape index (κ3) is 3.26. The largest absolute Gasteiger partial charge is 0.383 e. The van der Waals surface area contributed by atoms with E-state index in [1.165, 1.54) is 0 Å². The summed E-state index contributed by atoms with van der Waals surface area (Å²) >= 11 is 0. The summed E-state index contributed by atoms with van der Waals surface area (Å²) in [6.45, 7) is 0. The van der Waals surface area contributed by atoms with Gasteiger partial charge in [0.2, 0.25) is 0 Å². The predicted octanol–water partition coefficient (Wildman–Crippen LogP) is 0.676. The second-order valence-electron chi connectivity index (χ2n) is 4.14. The number of hydrogen-bond donors (Lipinski definition) is 3. The fourth-order valence-corrected chi connectivity index (χ4v) is 1.85. The van der Waals surface area contributed by atoms with Crippen LogP contribution >= 0.6 is 0 Å². The average Bonchev–Trinajstić information content (AvgIpc) is 2.41. The highest BCUT2D eigenvalue weighted by Gasteiger charge is 2.11. The summed E-state index contributed by atoms with van der Waals surface area (Å²) in [6, 6.07) is 9.77. The van der Waals surface area contributed by atoms with Gasteiger partial charge in [-0.2, -0.15) is 0 Å². The summed E-state index contributed by atoms with van der Waals surface area (Å²) in [7, 11) is 0. The van der Waals surface area contributed by atoms with Gasteiger partial charge in [0.25, 0.3) is 0 Å². The molecule has 0 aliphatic carbocycles. The second-order valence-corrected chi connectivity index (χ2v) is 4.14. The molecule has 0 spiro atoms. The van der Waals surface area contributed by atoms with Gasteiger partial charge in [-0.05, 0) is 30.2 Å². The van der Waals surface area contributed by atoms with Crippen LogP contribution in [-0.2, 0) is 12.8 Å². The SMILES string of the molecule is NNC(Cc1ccccn1)Cc1cccnc1N. The van der Waals surface area contributed by atoms with E-state index in [-0.39, 0.29) is 6.04 Å². The first-order chi connectivity index (χ1) is 8.79. The van der Waals surface area contributed by atoms with Gasteiger partial charge in [0.1, 0.15) is 5.82 Å². The lowest BCUT2D eigenvalue weighted by molar-refractivity contribution is 0.517. The number of aromatic nitrogens is 2. The summed E-state index contributed by atoms with van der Waals surface area (Å²) in [6.07, 6.45) is 4.95. The number of hydrogen-bond acceptors (Lipinski definition) is 5. The van der Waals surface area contributed by atoms with Gasteiger partial charge in [0.15, 0.2) is 0 Å². The van der Waals surface area contributed by atoms with Crippen LogP contribution in [0.5, 0.6) is 0 Å². The van der Waals surface area contributed by atoms with Crippen molar-refractivity contribution in [2.75, 3.05) is 5.73 Å². The van der Waals surface area contributed by atoms with Gasteiger partial charge in [-0.25, -0.2) is 4.98 Å². The van der Waals surface area contributed by atoms with Crippen LogP contribution in [0.15, 0.2) is 42.7 Å². The van der Waals surface area contributed by atoms with E-state index in [9.17, 15) is 0 Å². The maximum absolute atomic E-state index is 5.82. The van der Waals surface area contributed by atoms with Gasteiger partial charge in [0, 0.05) is 30.6 Å². The van der Waals surface area contributed by atoms with Gasteiger partial charge >= 0.3 is 0 Å². The first-order valence-corrected chi connectivity index (χ1v) is 5.85.